The molecule has 2 amide bonds. The predicted octanol–water partition coefficient (Wildman–Crippen LogP) is 7.31. The number of aliphatic carboxylic acids is 1. The summed E-state index contributed by atoms with van der Waals surface area (Å²) in [6.45, 7) is 2.89. The maximum Gasteiger partial charge on any atom is 0.490 e. The summed E-state index contributed by atoms with van der Waals surface area (Å²) in [6, 6.07) is 36.0. The van der Waals surface area contributed by atoms with Gasteiger partial charge in [-0.1, -0.05) is 84.9 Å². The normalized spacial score (nSPS) is 12.7. The lowest BCUT2D eigenvalue weighted by atomic mass is 10.0. The maximum absolute atomic E-state index is 12.2. The topological polar surface area (TPSA) is 197 Å². The number of benzene rings is 4. The predicted molar refractivity (Wildman–Crippen MR) is 232 cm³/mol. The Kier molecular flexibility index (Phi) is 17.4. The first-order valence-electron chi connectivity index (χ1n) is 20.2. The highest BCUT2D eigenvalue weighted by atomic mass is 32.2. The summed E-state index contributed by atoms with van der Waals surface area (Å²) in [7, 11) is -4.12. The number of amides is 2. The molecule has 0 unspecified atom stereocenters. The fraction of sp³-hybridized carbons (Fsp3) is 0.295. The lowest BCUT2D eigenvalue weighted by Crippen LogP contribution is -2.33. The Labute approximate surface area is 380 Å². The molecule has 6 aromatic rings. The number of carboxylic acid groups (broad SMARTS) is 1. The molecule has 0 bridgehead atoms. The number of hydrogen-bond donors (Lipinski definition) is 3. The molecule has 0 radical (unpaired) electrons. The number of carbonyl (C=O) groups is 2. The van der Waals surface area contributed by atoms with Gasteiger partial charge in [-0.2, -0.15) is 26.3 Å². The van der Waals surface area contributed by atoms with Gasteiger partial charge in [-0.15, -0.1) is 20.7 Å². The van der Waals surface area contributed by atoms with Gasteiger partial charge >= 0.3 is 23.7 Å². The number of thiazole rings is 1. The lowest BCUT2D eigenvalue weighted by Gasteiger charge is -2.16. The Morgan fingerprint density at radius 1 is 0.909 bits per heavy atom. The largest absolute Gasteiger partial charge is 0.741 e. The monoisotopic (exact) mass is 961 g/mol. The average Bonchev–Trinajstić information content (AvgIpc) is 4.01. The van der Waals surface area contributed by atoms with Gasteiger partial charge in [0.25, 0.3) is 0 Å². The number of aryl methyl sites for hydroxylation is 4. The van der Waals surface area contributed by atoms with Gasteiger partial charge in [0.15, 0.2) is 27.7 Å². The Hall–Kier alpha value is -6.36. The molecular formula is C44H45F6N7O7S2. The fourth-order valence-corrected chi connectivity index (χ4v) is 7.55. The van der Waals surface area contributed by atoms with Crippen LogP contribution in [-0.2, 0) is 41.2 Å². The molecule has 1 aliphatic heterocycles. The van der Waals surface area contributed by atoms with Crippen LogP contribution in [0.25, 0.3) is 37.8 Å². The van der Waals surface area contributed by atoms with Crippen molar-refractivity contribution in [3.8, 4) is 43.6 Å². The van der Waals surface area contributed by atoms with E-state index in [9.17, 15) is 31.1 Å². The fourth-order valence-electron chi connectivity index (χ4n) is 6.40. The van der Waals surface area contributed by atoms with Crippen LogP contribution in [0.2, 0.25) is 0 Å². The van der Waals surface area contributed by atoms with E-state index in [2.05, 4.69) is 96.4 Å². The molecule has 0 atom stereocenters. The summed E-state index contributed by atoms with van der Waals surface area (Å²) in [5.41, 5.74) is 8.98. The van der Waals surface area contributed by atoms with Crippen molar-refractivity contribution in [2.45, 2.75) is 43.8 Å². The number of unbranched alkanes of at least 4 members (excludes halogenated alkanes) is 1. The number of carbonyl (C=O) groups excluding carboxylic acids is 1. The molecule has 1 fully saturated rings. The molecule has 3 heterocycles. The number of hydrogen-bond acceptors (Lipinski definition) is 10. The first-order valence-corrected chi connectivity index (χ1v) is 22.4. The Morgan fingerprint density at radius 3 is 2.08 bits per heavy atom. The third-order valence-electron chi connectivity index (χ3n) is 9.80. The molecule has 0 spiro atoms. The second kappa shape index (κ2) is 22.7. The quantitative estimate of drug-likeness (QED) is 0.0309. The van der Waals surface area contributed by atoms with Gasteiger partial charge < -0.3 is 30.3 Å². The van der Waals surface area contributed by atoms with Gasteiger partial charge in [0.2, 0.25) is 0 Å². The SMILES string of the molecule is Cn1n[n+](-c2ccc(-c3nc(CCc4ccc(-c5ccccc5)cc4)c(-c4ccccc4)s3)c(OCCN3CCNC3=O)c2)cc1CCCCN.O=C(O)C(F)(F)F.O=S(=O)([O-])C(F)(F)F. The molecule has 22 heteroatoms. The van der Waals surface area contributed by atoms with E-state index in [0.29, 0.717) is 38.5 Å². The van der Waals surface area contributed by atoms with E-state index >= 15 is 0 Å². The molecule has 4 aromatic carbocycles. The van der Waals surface area contributed by atoms with E-state index in [1.165, 1.54) is 16.7 Å². The van der Waals surface area contributed by atoms with Gasteiger partial charge in [0.05, 0.1) is 27.9 Å². The number of nitrogens with zero attached hydrogens (tertiary/aromatic N) is 5. The van der Waals surface area contributed by atoms with Crippen molar-refractivity contribution in [3.63, 3.8) is 0 Å². The summed E-state index contributed by atoms with van der Waals surface area (Å²) >= 11 is 1.69. The molecule has 2 aromatic heterocycles. The second-order valence-electron chi connectivity index (χ2n) is 14.5. The molecule has 7 rings (SSSR count). The Morgan fingerprint density at radius 2 is 1.52 bits per heavy atom. The average molecular weight is 962 g/mol. The third-order valence-corrected chi connectivity index (χ3v) is 11.5. The van der Waals surface area contributed by atoms with Crippen molar-refractivity contribution in [2.75, 3.05) is 32.8 Å². The number of urea groups is 1. The van der Waals surface area contributed by atoms with E-state index in [1.54, 1.807) is 16.2 Å². The van der Waals surface area contributed by atoms with Crippen LogP contribution in [0.1, 0.15) is 29.8 Å². The third kappa shape index (κ3) is 14.3. The molecule has 0 aliphatic carbocycles. The number of ether oxygens (including phenoxy) is 1. The molecule has 14 nitrogen and oxygen atoms in total. The smallest absolute Gasteiger partial charge is 0.490 e. The summed E-state index contributed by atoms with van der Waals surface area (Å²) in [6.07, 6.45) is 1.58. The highest BCUT2D eigenvalue weighted by Crippen LogP contribution is 2.40. The van der Waals surface area contributed by atoms with E-state index in [4.69, 9.17) is 43.5 Å². The zero-order chi connectivity index (χ0) is 48.1. The van der Waals surface area contributed by atoms with E-state index in [1.807, 2.05) is 34.6 Å². The van der Waals surface area contributed by atoms with Gasteiger partial charge in [-0.05, 0) is 66.6 Å². The Balaban J connectivity index is 0.000000469. The number of aromatic nitrogens is 4. The van der Waals surface area contributed by atoms with Crippen molar-refractivity contribution in [1.29, 1.82) is 0 Å². The van der Waals surface area contributed by atoms with Crippen LogP contribution >= 0.6 is 11.3 Å². The molecule has 352 valence electrons. The number of carboxylic acids is 1. The maximum atomic E-state index is 12.2. The van der Waals surface area contributed by atoms with Crippen LogP contribution < -0.4 is 20.5 Å². The van der Waals surface area contributed by atoms with Crippen LogP contribution in [0.3, 0.4) is 0 Å². The summed E-state index contributed by atoms with van der Waals surface area (Å²) < 4.78 is 101. The van der Waals surface area contributed by atoms with Crippen molar-refractivity contribution < 1.29 is 63.4 Å². The zero-order valence-electron chi connectivity index (χ0n) is 35.3. The number of nitrogens with two attached hydrogens (primary N) is 1. The highest BCUT2D eigenvalue weighted by Gasteiger charge is 2.38. The number of rotatable bonds is 15. The number of nitrogens with one attached hydrogen (secondary N) is 1. The van der Waals surface area contributed by atoms with Crippen LogP contribution in [0.5, 0.6) is 5.75 Å². The first-order chi connectivity index (χ1) is 31.2. The zero-order valence-corrected chi connectivity index (χ0v) is 36.9. The van der Waals surface area contributed by atoms with Gasteiger partial charge in [0, 0.05) is 25.6 Å². The minimum absolute atomic E-state index is 0.0504. The van der Waals surface area contributed by atoms with Crippen LogP contribution in [0.15, 0.2) is 109 Å². The molecule has 4 N–H and O–H groups in total. The lowest BCUT2D eigenvalue weighted by molar-refractivity contribution is -0.661. The van der Waals surface area contributed by atoms with Crippen LogP contribution in [0, 0.1) is 0 Å². The standard InChI is InChI=1S/C41H43N7O2S.C2HF3O2.CHF3O3S/c1-46-35(14-8-9-23-42)29-48(45-46)34-20-21-36(38(28-34)50-27-26-47-25-24-43-41(47)49)40-44-37(39(51-40)33-12-6-3-7-13-33)22-17-30-15-18-32(19-16-30)31-10-4-2-5-11-31;3-2(4,5)1(6)7;2-1(3,4)8(5,6)7/h2-7,10-13,15-16,18-21,28-29H,8-9,14,17,22-27,42H2,1H3;(H,6,7);(H,5,6,7). The molecule has 1 aliphatic rings. The molecule has 0 saturated carbocycles. The summed E-state index contributed by atoms with van der Waals surface area (Å²) in [5.74, 6) is -2.04. The first kappa shape index (κ1) is 50.6. The highest BCUT2D eigenvalue weighted by molar-refractivity contribution is 7.86. The van der Waals surface area contributed by atoms with Crippen molar-refractivity contribution >= 4 is 33.5 Å². The van der Waals surface area contributed by atoms with Crippen molar-refractivity contribution in [2.24, 2.45) is 12.8 Å². The molecular weight excluding hydrogens is 917 g/mol. The van der Waals surface area contributed by atoms with E-state index in [0.717, 1.165) is 70.2 Å². The molecule has 66 heavy (non-hydrogen) atoms. The van der Waals surface area contributed by atoms with E-state index in [-0.39, 0.29) is 6.03 Å². The van der Waals surface area contributed by atoms with Gasteiger partial charge in [0.1, 0.15) is 24.4 Å². The van der Waals surface area contributed by atoms with E-state index < -0.39 is 27.8 Å². The van der Waals surface area contributed by atoms with Crippen LogP contribution in [-0.4, -0.2) is 94.3 Å². The van der Waals surface area contributed by atoms with Gasteiger partial charge in [-0.3, -0.25) is 0 Å². The Bertz CT molecular complexity index is 2650. The minimum Gasteiger partial charge on any atom is -0.741 e. The molecule has 1 saturated heterocycles. The minimum atomic E-state index is -6.09. The summed E-state index contributed by atoms with van der Waals surface area (Å²) in [4.78, 5) is 29.4. The van der Waals surface area contributed by atoms with Gasteiger partial charge in [-0.25, -0.2) is 23.0 Å². The van der Waals surface area contributed by atoms with Crippen molar-refractivity contribution in [3.05, 3.63) is 126 Å². The summed E-state index contributed by atoms with van der Waals surface area (Å²) in [5, 5.41) is 15.7. The second-order valence-corrected chi connectivity index (χ2v) is 16.9. The number of halogens is 6. The van der Waals surface area contributed by atoms with Crippen LogP contribution in [0.4, 0.5) is 31.1 Å². The van der Waals surface area contributed by atoms with Crippen molar-refractivity contribution in [1.82, 2.24) is 25.1 Å². The number of alkyl halides is 6.